The van der Waals surface area contributed by atoms with Crippen molar-refractivity contribution in [2.45, 2.75) is 56.1 Å². The summed E-state index contributed by atoms with van der Waals surface area (Å²) in [5.41, 5.74) is 6.33. The van der Waals surface area contributed by atoms with Crippen LogP contribution in [0, 0.1) is 0 Å². The van der Waals surface area contributed by atoms with Crippen molar-refractivity contribution in [2.24, 2.45) is 0 Å². The predicted molar refractivity (Wildman–Crippen MR) is 186 cm³/mol. The number of sulfonamides is 1. The first kappa shape index (κ1) is 33.1. The van der Waals surface area contributed by atoms with Crippen molar-refractivity contribution in [3.8, 4) is 22.3 Å². The number of carbonyl (C=O) groups excluding carboxylic acids is 1. The van der Waals surface area contributed by atoms with Crippen LogP contribution >= 0.6 is 12.4 Å². The SMILES string of the molecule is Cl.O=C(NC1CCCCC1)c1ccc(-c2ccc(CN(Cc3cccnc3)S(=O)(=O)c3ccc(-c4ccccc4)cc3)cc2)cc1. The minimum atomic E-state index is -3.81. The fraction of sp³-hybridized carbons (Fsp3) is 0.211. The van der Waals surface area contributed by atoms with Gasteiger partial charge in [0.2, 0.25) is 10.0 Å². The maximum atomic E-state index is 14.0. The van der Waals surface area contributed by atoms with E-state index in [0.717, 1.165) is 46.2 Å². The van der Waals surface area contributed by atoms with Crippen molar-refractivity contribution in [1.29, 1.82) is 0 Å². The summed E-state index contributed by atoms with van der Waals surface area (Å²) >= 11 is 0. The molecule has 1 heterocycles. The summed E-state index contributed by atoms with van der Waals surface area (Å²) in [7, 11) is -3.81. The van der Waals surface area contributed by atoms with Crippen LogP contribution in [0.2, 0.25) is 0 Å². The molecule has 0 bridgehead atoms. The molecule has 6 nitrogen and oxygen atoms in total. The van der Waals surface area contributed by atoms with Crippen LogP contribution in [0.5, 0.6) is 0 Å². The number of nitrogens with one attached hydrogen (secondary N) is 1. The van der Waals surface area contributed by atoms with E-state index in [9.17, 15) is 13.2 Å². The van der Waals surface area contributed by atoms with E-state index in [1.165, 1.54) is 23.6 Å². The normalized spacial score (nSPS) is 13.6. The lowest BCUT2D eigenvalue weighted by molar-refractivity contribution is 0.0927. The second-order valence-electron chi connectivity index (χ2n) is 11.6. The number of nitrogens with zero attached hydrogens (tertiary/aromatic N) is 2. The molecule has 0 saturated heterocycles. The number of amides is 1. The Balaban J connectivity index is 0.00000417. The lowest BCUT2D eigenvalue weighted by atomic mass is 9.95. The first-order valence-corrected chi connectivity index (χ1v) is 16.9. The van der Waals surface area contributed by atoms with Gasteiger partial charge in [0.25, 0.3) is 5.91 Å². The molecule has 1 N–H and O–H groups in total. The van der Waals surface area contributed by atoms with Crippen LogP contribution in [0.25, 0.3) is 22.3 Å². The van der Waals surface area contributed by atoms with E-state index >= 15 is 0 Å². The van der Waals surface area contributed by atoms with Gasteiger partial charge < -0.3 is 5.32 Å². The van der Waals surface area contributed by atoms with Crippen molar-refractivity contribution in [1.82, 2.24) is 14.6 Å². The number of benzene rings is 4. The lowest BCUT2D eigenvalue weighted by Crippen LogP contribution is -2.36. The number of hydrogen-bond acceptors (Lipinski definition) is 4. The van der Waals surface area contributed by atoms with Crippen molar-refractivity contribution in [3.63, 3.8) is 0 Å². The Morgan fingerprint density at radius 3 is 1.85 bits per heavy atom. The molecule has 1 fully saturated rings. The highest BCUT2D eigenvalue weighted by atomic mass is 35.5. The minimum Gasteiger partial charge on any atom is -0.349 e. The zero-order chi connectivity index (χ0) is 31.1. The third kappa shape index (κ3) is 8.10. The molecule has 4 aromatic carbocycles. The van der Waals surface area contributed by atoms with E-state index in [1.807, 2.05) is 103 Å². The minimum absolute atomic E-state index is 0. The third-order valence-electron chi connectivity index (χ3n) is 8.41. The highest BCUT2D eigenvalue weighted by Gasteiger charge is 2.25. The number of hydrogen-bond donors (Lipinski definition) is 1. The van der Waals surface area contributed by atoms with E-state index in [1.54, 1.807) is 24.5 Å². The second-order valence-corrected chi connectivity index (χ2v) is 13.5. The highest BCUT2D eigenvalue weighted by Crippen LogP contribution is 2.27. The number of pyridine rings is 1. The summed E-state index contributed by atoms with van der Waals surface area (Å²) in [4.78, 5) is 17.2. The molecule has 0 radical (unpaired) electrons. The molecule has 46 heavy (non-hydrogen) atoms. The molecular formula is C38H38ClN3O3S. The van der Waals surface area contributed by atoms with Crippen LogP contribution in [-0.4, -0.2) is 29.7 Å². The topological polar surface area (TPSA) is 79.4 Å². The Hall–Kier alpha value is -4.30. The average molecular weight is 652 g/mol. The summed E-state index contributed by atoms with van der Waals surface area (Å²) < 4.78 is 29.4. The molecule has 0 atom stereocenters. The van der Waals surface area contributed by atoms with E-state index in [-0.39, 0.29) is 42.3 Å². The van der Waals surface area contributed by atoms with Gasteiger partial charge in [0.1, 0.15) is 0 Å². The monoisotopic (exact) mass is 651 g/mol. The van der Waals surface area contributed by atoms with Crippen LogP contribution in [0.15, 0.2) is 133 Å². The number of rotatable bonds is 10. The molecule has 1 aliphatic carbocycles. The molecule has 1 saturated carbocycles. The molecule has 0 aliphatic heterocycles. The number of carbonyl (C=O) groups is 1. The van der Waals surface area contributed by atoms with Crippen molar-refractivity contribution < 1.29 is 13.2 Å². The van der Waals surface area contributed by atoms with Crippen molar-refractivity contribution in [2.75, 3.05) is 0 Å². The van der Waals surface area contributed by atoms with Crippen LogP contribution < -0.4 is 5.32 Å². The smallest absolute Gasteiger partial charge is 0.251 e. The standard InChI is InChI=1S/C38H37N3O3S.ClH/c42-38(40-36-11-5-2-6-12-36)35-19-17-33(18-20-35)32-15-13-29(14-16-32)27-41(28-30-8-7-25-39-26-30)45(43,44)37-23-21-34(22-24-37)31-9-3-1-4-10-31;/h1,3-4,7-10,13-26,36H,2,5-6,11-12,27-28H2,(H,40,42);1H. The molecular weight excluding hydrogens is 614 g/mol. The van der Waals surface area contributed by atoms with Crippen LogP contribution in [0.1, 0.15) is 53.6 Å². The van der Waals surface area contributed by atoms with Gasteiger partial charge in [0, 0.05) is 37.1 Å². The lowest BCUT2D eigenvalue weighted by Gasteiger charge is -2.23. The van der Waals surface area contributed by atoms with Gasteiger partial charge >= 0.3 is 0 Å². The quantitative estimate of drug-likeness (QED) is 0.165. The van der Waals surface area contributed by atoms with Crippen LogP contribution in [0.3, 0.4) is 0 Å². The van der Waals surface area contributed by atoms with Gasteiger partial charge in [-0.1, -0.05) is 104 Å². The first-order valence-electron chi connectivity index (χ1n) is 15.5. The zero-order valence-corrected chi connectivity index (χ0v) is 27.2. The summed E-state index contributed by atoms with van der Waals surface area (Å²) in [6.07, 6.45) is 9.09. The zero-order valence-electron chi connectivity index (χ0n) is 25.6. The molecule has 1 aromatic heterocycles. The van der Waals surface area contributed by atoms with Crippen LogP contribution in [-0.2, 0) is 23.1 Å². The molecule has 5 aromatic rings. The summed E-state index contributed by atoms with van der Waals surface area (Å²) in [5.74, 6) is -0.0200. The van der Waals surface area contributed by atoms with Crippen LogP contribution in [0.4, 0.5) is 0 Å². The maximum Gasteiger partial charge on any atom is 0.251 e. The first-order chi connectivity index (χ1) is 22.0. The maximum absolute atomic E-state index is 14.0. The van der Waals surface area contributed by atoms with E-state index in [0.29, 0.717) is 5.56 Å². The molecule has 8 heteroatoms. The van der Waals surface area contributed by atoms with Crippen molar-refractivity contribution >= 4 is 28.3 Å². The van der Waals surface area contributed by atoms with Gasteiger partial charge in [0.05, 0.1) is 4.90 Å². The number of aromatic nitrogens is 1. The fourth-order valence-electron chi connectivity index (χ4n) is 5.86. The molecule has 236 valence electrons. The van der Waals surface area contributed by atoms with Gasteiger partial charge in [-0.3, -0.25) is 9.78 Å². The molecule has 0 unspecified atom stereocenters. The molecule has 1 amide bonds. The van der Waals surface area contributed by atoms with E-state index in [2.05, 4.69) is 10.3 Å². The second kappa shape index (κ2) is 15.3. The fourth-order valence-corrected chi connectivity index (χ4v) is 7.27. The Morgan fingerprint density at radius 2 is 1.24 bits per heavy atom. The predicted octanol–water partition coefficient (Wildman–Crippen LogP) is 8.29. The highest BCUT2D eigenvalue weighted by molar-refractivity contribution is 7.89. The Morgan fingerprint density at radius 1 is 0.674 bits per heavy atom. The Kier molecular flexibility index (Phi) is 11.0. The third-order valence-corrected chi connectivity index (χ3v) is 10.2. The molecule has 0 spiro atoms. The van der Waals surface area contributed by atoms with Crippen molar-refractivity contribution in [3.05, 3.63) is 144 Å². The summed E-state index contributed by atoms with van der Waals surface area (Å²) in [6, 6.07) is 36.5. The molecule has 6 rings (SSSR count). The van der Waals surface area contributed by atoms with E-state index < -0.39 is 10.0 Å². The average Bonchev–Trinajstić information content (AvgIpc) is 3.10. The van der Waals surface area contributed by atoms with Gasteiger partial charge in [-0.25, -0.2) is 8.42 Å². The number of halogens is 1. The largest absolute Gasteiger partial charge is 0.349 e. The van der Waals surface area contributed by atoms with E-state index in [4.69, 9.17) is 0 Å². The Bertz CT molecular complexity index is 1810. The summed E-state index contributed by atoms with van der Waals surface area (Å²) in [6.45, 7) is 0.404. The van der Waals surface area contributed by atoms with Gasteiger partial charge in [-0.05, 0) is 76.6 Å². The van der Waals surface area contributed by atoms with Gasteiger partial charge in [-0.15, -0.1) is 12.4 Å². The van der Waals surface area contributed by atoms with Gasteiger partial charge in [0.15, 0.2) is 0 Å². The van der Waals surface area contributed by atoms with Gasteiger partial charge in [-0.2, -0.15) is 4.31 Å². The Labute approximate surface area is 278 Å². The summed E-state index contributed by atoms with van der Waals surface area (Å²) in [5, 5.41) is 3.17. The molecule has 1 aliphatic rings.